The lowest BCUT2D eigenvalue weighted by molar-refractivity contribution is -0.133. The Labute approximate surface area is 146 Å². The Bertz CT molecular complexity index is 864. The summed E-state index contributed by atoms with van der Waals surface area (Å²) in [6.45, 7) is 2.65. The van der Waals surface area contributed by atoms with Gasteiger partial charge < -0.3 is 9.32 Å². The van der Waals surface area contributed by atoms with Crippen LogP contribution in [0.15, 0.2) is 53.3 Å². The number of carbonyl (C=O) groups is 1. The summed E-state index contributed by atoms with van der Waals surface area (Å²) >= 11 is 0. The van der Waals surface area contributed by atoms with Gasteiger partial charge in [0.25, 0.3) is 0 Å². The molecule has 0 aliphatic heterocycles. The minimum absolute atomic E-state index is 0.0653. The number of hydrogen-bond donors (Lipinski definition) is 0. The van der Waals surface area contributed by atoms with Gasteiger partial charge in [0.15, 0.2) is 0 Å². The van der Waals surface area contributed by atoms with Crippen LogP contribution in [0.4, 0.5) is 0 Å². The highest BCUT2D eigenvalue weighted by molar-refractivity contribution is 5.77. The van der Waals surface area contributed by atoms with Crippen LogP contribution in [0.25, 0.3) is 11.3 Å². The van der Waals surface area contributed by atoms with E-state index >= 15 is 0 Å². The second-order valence-corrected chi connectivity index (χ2v) is 6.38. The molecule has 0 bridgehead atoms. The van der Waals surface area contributed by atoms with Crippen molar-refractivity contribution in [3.63, 3.8) is 0 Å². The van der Waals surface area contributed by atoms with Crippen LogP contribution >= 0.6 is 0 Å². The molecule has 1 amide bonds. The minimum Gasteiger partial charge on any atom is -0.464 e. The summed E-state index contributed by atoms with van der Waals surface area (Å²) in [6, 6.07) is 9.94. The predicted molar refractivity (Wildman–Crippen MR) is 92.5 cm³/mol. The van der Waals surface area contributed by atoms with Crippen molar-refractivity contribution in [2.75, 3.05) is 0 Å². The first-order chi connectivity index (χ1) is 12.2. The van der Waals surface area contributed by atoms with Crippen molar-refractivity contribution < 1.29 is 9.21 Å². The number of hydrogen-bond acceptors (Lipinski definition) is 4. The van der Waals surface area contributed by atoms with Crippen LogP contribution in [-0.2, 0) is 17.9 Å². The van der Waals surface area contributed by atoms with Gasteiger partial charge in [-0.2, -0.15) is 5.10 Å². The summed E-state index contributed by atoms with van der Waals surface area (Å²) in [7, 11) is 0. The van der Waals surface area contributed by atoms with Crippen LogP contribution in [0.3, 0.4) is 0 Å². The Balaban J connectivity index is 1.52. The van der Waals surface area contributed by atoms with Gasteiger partial charge in [0, 0.05) is 30.2 Å². The summed E-state index contributed by atoms with van der Waals surface area (Å²) in [5, 5.41) is 4.33. The van der Waals surface area contributed by atoms with Crippen molar-refractivity contribution in [2.45, 2.75) is 38.9 Å². The zero-order valence-corrected chi connectivity index (χ0v) is 14.1. The monoisotopic (exact) mass is 336 g/mol. The molecule has 6 nitrogen and oxygen atoms in total. The second kappa shape index (κ2) is 6.55. The molecular formula is C19H20N4O2. The third kappa shape index (κ3) is 3.47. The predicted octanol–water partition coefficient (Wildman–Crippen LogP) is 3.04. The van der Waals surface area contributed by atoms with E-state index in [0.717, 1.165) is 35.6 Å². The lowest BCUT2D eigenvalue weighted by Crippen LogP contribution is -2.35. The van der Waals surface area contributed by atoms with E-state index in [1.807, 2.05) is 42.2 Å². The van der Waals surface area contributed by atoms with E-state index < -0.39 is 0 Å². The Morgan fingerprint density at radius 1 is 1.20 bits per heavy atom. The third-order valence-electron chi connectivity index (χ3n) is 4.41. The fourth-order valence-corrected chi connectivity index (χ4v) is 2.99. The van der Waals surface area contributed by atoms with Gasteiger partial charge in [-0.1, -0.05) is 0 Å². The van der Waals surface area contributed by atoms with E-state index in [1.165, 1.54) is 0 Å². The molecular weight excluding hydrogens is 316 g/mol. The summed E-state index contributed by atoms with van der Waals surface area (Å²) < 4.78 is 7.40. The number of carbonyl (C=O) groups excluding carboxylic acids is 1. The second-order valence-electron chi connectivity index (χ2n) is 6.38. The molecule has 1 aliphatic carbocycles. The van der Waals surface area contributed by atoms with Gasteiger partial charge in [0.2, 0.25) is 5.91 Å². The molecule has 25 heavy (non-hydrogen) atoms. The highest BCUT2D eigenvalue weighted by atomic mass is 16.3. The lowest BCUT2D eigenvalue weighted by atomic mass is 10.2. The van der Waals surface area contributed by atoms with Crippen LogP contribution in [0.2, 0.25) is 0 Å². The van der Waals surface area contributed by atoms with Crippen molar-refractivity contribution in [1.82, 2.24) is 19.7 Å². The van der Waals surface area contributed by atoms with E-state index in [2.05, 4.69) is 10.1 Å². The fraction of sp³-hybridized carbons (Fsp3) is 0.316. The van der Waals surface area contributed by atoms with E-state index in [9.17, 15) is 4.79 Å². The average molecular weight is 336 g/mol. The van der Waals surface area contributed by atoms with Crippen LogP contribution in [0, 0.1) is 6.92 Å². The van der Waals surface area contributed by atoms with Crippen molar-refractivity contribution in [3.8, 4) is 11.3 Å². The summed E-state index contributed by atoms with van der Waals surface area (Å²) in [4.78, 5) is 18.8. The normalized spacial score (nSPS) is 13.8. The maximum atomic E-state index is 12.9. The lowest BCUT2D eigenvalue weighted by Gasteiger charge is -2.22. The zero-order chi connectivity index (χ0) is 17.2. The molecule has 1 fully saturated rings. The van der Waals surface area contributed by atoms with Crippen molar-refractivity contribution >= 4 is 5.91 Å². The van der Waals surface area contributed by atoms with Crippen LogP contribution in [0.5, 0.6) is 0 Å². The van der Waals surface area contributed by atoms with Crippen LogP contribution in [0.1, 0.15) is 24.4 Å². The maximum absolute atomic E-state index is 12.9. The Hall–Kier alpha value is -2.89. The molecule has 0 spiro atoms. The highest BCUT2D eigenvalue weighted by Gasteiger charge is 2.33. The smallest absolute Gasteiger partial charge is 0.244 e. The molecule has 0 radical (unpaired) electrons. The van der Waals surface area contributed by atoms with Gasteiger partial charge in [0.05, 0.1) is 12.2 Å². The number of rotatable bonds is 6. The standard InChI is InChI=1S/C19H20N4O2/c1-14-2-5-17(25-14)12-22(16-3-4-16)19(24)13-23-18(8-11-21-23)15-6-9-20-10-7-15/h2,5-11,16H,3-4,12-13H2,1H3. The maximum Gasteiger partial charge on any atom is 0.244 e. The largest absolute Gasteiger partial charge is 0.464 e. The summed E-state index contributed by atoms with van der Waals surface area (Å²) in [5.74, 6) is 1.76. The topological polar surface area (TPSA) is 64.2 Å². The molecule has 1 saturated carbocycles. The zero-order valence-electron chi connectivity index (χ0n) is 14.1. The fourth-order valence-electron chi connectivity index (χ4n) is 2.99. The molecule has 6 heteroatoms. The molecule has 0 aromatic carbocycles. The average Bonchev–Trinajstić information content (AvgIpc) is 3.22. The van der Waals surface area contributed by atoms with E-state index in [4.69, 9.17) is 4.42 Å². The first kappa shape index (κ1) is 15.6. The highest BCUT2D eigenvalue weighted by Crippen LogP contribution is 2.29. The molecule has 0 saturated heterocycles. The Morgan fingerprint density at radius 3 is 2.68 bits per heavy atom. The summed E-state index contributed by atoms with van der Waals surface area (Å²) in [5.41, 5.74) is 1.92. The van der Waals surface area contributed by atoms with Crippen LogP contribution < -0.4 is 0 Å². The quantitative estimate of drug-likeness (QED) is 0.694. The molecule has 0 unspecified atom stereocenters. The third-order valence-corrected chi connectivity index (χ3v) is 4.41. The van der Waals surface area contributed by atoms with Gasteiger partial charge in [-0.05, 0) is 50.1 Å². The van der Waals surface area contributed by atoms with E-state index in [1.54, 1.807) is 23.3 Å². The van der Waals surface area contributed by atoms with E-state index in [0.29, 0.717) is 12.6 Å². The summed E-state index contributed by atoms with van der Waals surface area (Å²) in [6.07, 6.45) is 7.32. The molecule has 0 N–H and O–H groups in total. The minimum atomic E-state index is 0.0653. The van der Waals surface area contributed by atoms with Crippen molar-refractivity contribution in [2.24, 2.45) is 0 Å². The molecule has 3 aromatic heterocycles. The number of aromatic nitrogens is 3. The number of amides is 1. The first-order valence-corrected chi connectivity index (χ1v) is 8.48. The molecule has 0 atom stereocenters. The molecule has 3 aromatic rings. The molecule has 3 heterocycles. The number of furan rings is 1. The SMILES string of the molecule is Cc1ccc(CN(C(=O)Cn2nccc2-c2ccncc2)C2CC2)o1. The van der Waals surface area contributed by atoms with Crippen molar-refractivity contribution in [1.29, 1.82) is 0 Å². The number of pyridine rings is 1. The van der Waals surface area contributed by atoms with Gasteiger partial charge in [-0.3, -0.25) is 14.5 Å². The van der Waals surface area contributed by atoms with Gasteiger partial charge in [-0.25, -0.2) is 0 Å². The van der Waals surface area contributed by atoms with Gasteiger partial charge >= 0.3 is 0 Å². The number of nitrogens with zero attached hydrogens (tertiary/aromatic N) is 4. The van der Waals surface area contributed by atoms with Gasteiger partial charge in [-0.15, -0.1) is 0 Å². The van der Waals surface area contributed by atoms with E-state index in [-0.39, 0.29) is 12.5 Å². The Kier molecular flexibility index (Phi) is 4.09. The Morgan fingerprint density at radius 2 is 2.00 bits per heavy atom. The number of aryl methyl sites for hydroxylation is 1. The van der Waals surface area contributed by atoms with Gasteiger partial charge in [0.1, 0.15) is 18.1 Å². The van der Waals surface area contributed by atoms with Crippen LogP contribution in [-0.4, -0.2) is 31.6 Å². The van der Waals surface area contributed by atoms with Crippen molar-refractivity contribution in [3.05, 3.63) is 60.4 Å². The first-order valence-electron chi connectivity index (χ1n) is 8.48. The molecule has 128 valence electrons. The molecule has 1 aliphatic rings. The molecule has 4 rings (SSSR count).